The van der Waals surface area contributed by atoms with Crippen LogP contribution < -0.4 is 5.32 Å². The van der Waals surface area contributed by atoms with E-state index in [4.69, 9.17) is 0 Å². The highest BCUT2D eigenvalue weighted by molar-refractivity contribution is 9.11. The third kappa shape index (κ3) is 3.83. The standard InChI is InChI=1S/C16H17Br2N/c1-11(2)16(12-6-4-3-5-7-12)19-15-10-13(17)8-9-14(15)18/h3-11,16,19H,1-2H3. The second kappa shape index (κ2) is 6.58. The second-order valence-electron chi connectivity index (χ2n) is 4.90. The molecule has 0 bridgehead atoms. The zero-order chi connectivity index (χ0) is 13.8. The highest BCUT2D eigenvalue weighted by Crippen LogP contribution is 2.32. The number of benzene rings is 2. The maximum atomic E-state index is 3.63. The predicted octanol–water partition coefficient (Wildman–Crippen LogP) is 6.02. The van der Waals surface area contributed by atoms with Gasteiger partial charge in [0.05, 0.1) is 11.7 Å². The maximum absolute atomic E-state index is 3.63. The van der Waals surface area contributed by atoms with E-state index in [1.807, 2.05) is 6.07 Å². The molecular weight excluding hydrogens is 366 g/mol. The summed E-state index contributed by atoms with van der Waals surface area (Å²) in [5, 5.41) is 3.63. The van der Waals surface area contributed by atoms with Gasteiger partial charge in [-0.25, -0.2) is 0 Å². The van der Waals surface area contributed by atoms with Gasteiger partial charge in [0.25, 0.3) is 0 Å². The van der Waals surface area contributed by atoms with Gasteiger partial charge in [0, 0.05) is 8.95 Å². The molecule has 0 aromatic heterocycles. The smallest absolute Gasteiger partial charge is 0.0537 e. The number of nitrogens with one attached hydrogen (secondary N) is 1. The van der Waals surface area contributed by atoms with Crippen LogP contribution in [0, 0.1) is 5.92 Å². The van der Waals surface area contributed by atoms with E-state index in [0.29, 0.717) is 12.0 Å². The number of hydrogen-bond acceptors (Lipinski definition) is 1. The summed E-state index contributed by atoms with van der Waals surface area (Å²) in [6, 6.07) is 17.0. The minimum Gasteiger partial charge on any atom is -0.377 e. The average molecular weight is 383 g/mol. The molecule has 0 radical (unpaired) electrons. The molecular formula is C16H17Br2N. The topological polar surface area (TPSA) is 12.0 Å². The van der Waals surface area contributed by atoms with Crippen molar-refractivity contribution in [2.75, 3.05) is 5.32 Å². The Balaban J connectivity index is 2.29. The highest BCUT2D eigenvalue weighted by Gasteiger charge is 2.16. The summed E-state index contributed by atoms with van der Waals surface area (Å²) in [4.78, 5) is 0. The molecule has 100 valence electrons. The lowest BCUT2D eigenvalue weighted by Crippen LogP contribution is -2.17. The number of hydrogen-bond donors (Lipinski definition) is 1. The first kappa shape index (κ1) is 14.6. The molecule has 1 unspecified atom stereocenters. The Morgan fingerprint density at radius 2 is 1.63 bits per heavy atom. The van der Waals surface area contributed by atoms with Crippen LogP contribution in [0.3, 0.4) is 0 Å². The molecule has 2 rings (SSSR count). The van der Waals surface area contributed by atoms with E-state index < -0.39 is 0 Å². The molecule has 0 saturated carbocycles. The summed E-state index contributed by atoms with van der Waals surface area (Å²) in [6.07, 6.45) is 0. The summed E-state index contributed by atoms with van der Waals surface area (Å²) >= 11 is 7.12. The molecule has 2 aromatic rings. The molecule has 0 aliphatic rings. The molecule has 1 N–H and O–H groups in total. The Hall–Kier alpha value is -0.800. The zero-order valence-electron chi connectivity index (χ0n) is 11.0. The Bertz CT molecular complexity index is 538. The summed E-state index contributed by atoms with van der Waals surface area (Å²) in [6.45, 7) is 4.47. The molecule has 0 heterocycles. The third-order valence-electron chi connectivity index (χ3n) is 3.06. The molecule has 2 aromatic carbocycles. The van der Waals surface area contributed by atoms with E-state index >= 15 is 0 Å². The van der Waals surface area contributed by atoms with Crippen LogP contribution in [0.25, 0.3) is 0 Å². The van der Waals surface area contributed by atoms with Crippen LogP contribution in [0.2, 0.25) is 0 Å². The summed E-state index contributed by atoms with van der Waals surface area (Å²) in [7, 11) is 0. The van der Waals surface area contributed by atoms with Crippen LogP contribution in [0.15, 0.2) is 57.5 Å². The number of rotatable bonds is 4. The number of halogens is 2. The van der Waals surface area contributed by atoms with Crippen LogP contribution >= 0.6 is 31.9 Å². The van der Waals surface area contributed by atoms with Gasteiger partial charge in [0.15, 0.2) is 0 Å². The monoisotopic (exact) mass is 381 g/mol. The van der Waals surface area contributed by atoms with E-state index in [1.54, 1.807) is 0 Å². The maximum Gasteiger partial charge on any atom is 0.0537 e. The fraction of sp³-hybridized carbons (Fsp3) is 0.250. The van der Waals surface area contributed by atoms with Gasteiger partial charge in [-0.05, 0) is 45.6 Å². The molecule has 19 heavy (non-hydrogen) atoms. The lowest BCUT2D eigenvalue weighted by molar-refractivity contribution is 0.546. The molecule has 3 heteroatoms. The normalized spacial score (nSPS) is 12.5. The first-order chi connectivity index (χ1) is 9.08. The summed E-state index contributed by atoms with van der Waals surface area (Å²) in [5.41, 5.74) is 2.42. The number of anilines is 1. The minimum absolute atomic E-state index is 0.298. The Morgan fingerprint density at radius 3 is 2.26 bits per heavy atom. The van der Waals surface area contributed by atoms with Crippen molar-refractivity contribution in [2.45, 2.75) is 19.9 Å². The lowest BCUT2D eigenvalue weighted by Gasteiger charge is -2.25. The van der Waals surface area contributed by atoms with Gasteiger partial charge in [-0.1, -0.05) is 60.1 Å². The minimum atomic E-state index is 0.298. The fourth-order valence-electron chi connectivity index (χ4n) is 2.07. The van der Waals surface area contributed by atoms with Gasteiger partial charge >= 0.3 is 0 Å². The molecule has 0 aliphatic heterocycles. The SMILES string of the molecule is CC(C)C(Nc1cc(Br)ccc1Br)c1ccccc1. The summed E-state index contributed by atoms with van der Waals surface area (Å²) in [5.74, 6) is 0.508. The molecule has 0 amide bonds. The molecule has 0 fully saturated rings. The van der Waals surface area contributed by atoms with Crippen molar-refractivity contribution in [1.82, 2.24) is 0 Å². The van der Waals surface area contributed by atoms with Gasteiger partial charge in [0.1, 0.15) is 0 Å². The van der Waals surface area contributed by atoms with Crippen molar-refractivity contribution in [3.8, 4) is 0 Å². The van der Waals surface area contributed by atoms with Crippen molar-refractivity contribution < 1.29 is 0 Å². The van der Waals surface area contributed by atoms with Gasteiger partial charge in [-0.3, -0.25) is 0 Å². The fourth-order valence-corrected chi connectivity index (χ4v) is 2.79. The lowest BCUT2D eigenvalue weighted by atomic mass is 9.96. The molecule has 1 nitrogen and oxygen atoms in total. The second-order valence-corrected chi connectivity index (χ2v) is 6.67. The van der Waals surface area contributed by atoms with Gasteiger partial charge in [-0.2, -0.15) is 0 Å². The first-order valence-electron chi connectivity index (χ1n) is 6.34. The van der Waals surface area contributed by atoms with Crippen molar-refractivity contribution in [3.05, 3.63) is 63.0 Å². The Morgan fingerprint density at radius 1 is 0.947 bits per heavy atom. The molecule has 0 saturated heterocycles. The van der Waals surface area contributed by atoms with Crippen molar-refractivity contribution in [2.24, 2.45) is 5.92 Å². The van der Waals surface area contributed by atoms with Gasteiger partial charge < -0.3 is 5.32 Å². The molecule has 1 atom stereocenters. The quantitative estimate of drug-likeness (QED) is 0.681. The largest absolute Gasteiger partial charge is 0.377 e. The van der Waals surface area contributed by atoms with E-state index in [1.165, 1.54) is 5.56 Å². The van der Waals surface area contributed by atoms with Gasteiger partial charge in [0.2, 0.25) is 0 Å². The van der Waals surface area contributed by atoms with Crippen LogP contribution in [-0.2, 0) is 0 Å². The van der Waals surface area contributed by atoms with E-state index in [9.17, 15) is 0 Å². The zero-order valence-corrected chi connectivity index (χ0v) is 14.2. The van der Waals surface area contributed by atoms with E-state index in [2.05, 4.69) is 93.5 Å². The average Bonchev–Trinajstić information content (AvgIpc) is 2.40. The Labute approximate surface area is 131 Å². The van der Waals surface area contributed by atoms with Crippen LogP contribution in [0.5, 0.6) is 0 Å². The summed E-state index contributed by atoms with van der Waals surface area (Å²) < 4.78 is 2.16. The van der Waals surface area contributed by atoms with Gasteiger partial charge in [-0.15, -0.1) is 0 Å². The van der Waals surface area contributed by atoms with E-state index in [0.717, 1.165) is 14.6 Å². The van der Waals surface area contributed by atoms with Crippen LogP contribution in [0.4, 0.5) is 5.69 Å². The highest BCUT2D eigenvalue weighted by atomic mass is 79.9. The molecule has 0 spiro atoms. The molecule has 0 aliphatic carbocycles. The van der Waals surface area contributed by atoms with Crippen LogP contribution in [0.1, 0.15) is 25.5 Å². The Kier molecular flexibility index (Phi) is 5.06. The van der Waals surface area contributed by atoms with E-state index in [-0.39, 0.29) is 0 Å². The predicted molar refractivity (Wildman–Crippen MR) is 89.5 cm³/mol. The first-order valence-corrected chi connectivity index (χ1v) is 7.93. The van der Waals surface area contributed by atoms with Crippen molar-refractivity contribution in [3.63, 3.8) is 0 Å². The van der Waals surface area contributed by atoms with Crippen molar-refractivity contribution >= 4 is 37.5 Å². The van der Waals surface area contributed by atoms with Crippen LogP contribution in [-0.4, -0.2) is 0 Å². The van der Waals surface area contributed by atoms with Crippen molar-refractivity contribution in [1.29, 1.82) is 0 Å². The third-order valence-corrected chi connectivity index (χ3v) is 4.25.